The molecule has 1 aromatic carbocycles. The van der Waals surface area contributed by atoms with Gasteiger partial charge in [-0.15, -0.1) is 0 Å². The summed E-state index contributed by atoms with van der Waals surface area (Å²) < 4.78 is 1.62. The van der Waals surface area contributed by atoms with Gasteiger partial charge in [0.15, 0.2) is 0 Å². The van der Waals surface area contributed by atoms with Crippen molar-refractivity contribution < 1.29 is 4.92 Å². The number of rotatable bonds is 4. The quantitative estimate of drug-likeness (QED) is 0.652. The van der Waals surface area contributed by atoms with Crippen molar-refractivity contribution in [1.82, 2.24) is 14.9 Å². The third-order valence-electron chi connectivity index (χ3n) is 3.45. The second-order valence-corrected chi connectivity index (χ2v) is 4.84. The molecule has 0 atom stereocenters. The molecule has 0 saturated heterocycles. The number of hydrogen-bond acceptors (Lipinski definition) is 5. The maximum absolute atomic E-state index is 10.9. The third-order valence-corrected chi connectivity index (χ3v) is 3.45. The van der Waals surface area contributed by atoms with Crippen LogP contribution in [-0.2, 0) is 26.7 Å². The van der Waals surface area contributed by atoms with Crippen molar-refractivity contribution in [2.75, 3.05) is 5.32 Å². The SMILES string of the molecule is Cn1cnc([N+](=O)[O-])c1NCc1ccc2c(c1)CNC2. The van der Waals surface area contributed by atoms with Crippen molar-refractivity contribution in [2.24, 2.45) is 7.05 Å². The molecular formula is C13H15N5O2. The molecule has 7 heteroatoms. The number of hydrogen-bond donors (Lipinski definition) is 2. The maximum atomic E-state index is 10.9. The van der Waals surface area contributed by atoms with Crippen molar-refractivity contribution >= 4 is 11.6 Å². The van der Waals surface area contributed by atoms with Gasteiger partial charge in [-0.05, 0) is 26.6 Å². The Balaban J connectivity index is 1.77. The predicted molar refractivity (Wildman–Crippen MR) is 74.2 cm³/mol. The number of fused-ring (bicyclic) bond motifs is 1. The number of nitrogens with zero attached hydrogens (tertiary/aromatic N) is 3. The smallest absolute Gasteiger partial charge is 0.360 e. The van der Waals surface area contributed by atoms with Crippen molar-refractivity contribution in [3.05, 3.63) is 51.3 Å². The lowest BCUT2D eigenvalue weighted by molar-refractivity contribution is -0.388. The largest absolute Gasteiger partial charge is 0.406 e. The van der Waals surface area contributed by atoms with Gasteiger partial charge in [0.2, 0.25) is 12.1 Å². The third kappa shape index (κ3) is 2.23. The van der Waals surface area contributed by atoms with Crippen LogP contribution >= 0.6 is 0 Å². The highest BCUT2D eigenvalue weighted by atomic mass is 16.6. The molecule has 0 spiro atoms. The van der Waals surface area contributed by atoms with Crippen molar-refractivity contribution in [3.63, 3.8) is 0 Å². The summed E-state index contributed by atoms with van der Waals surface area (Å²) in [4.78, 5) is 14.2. The Bertz CT molecular complexity index is 665. The number of benzene rings is 1. The highest BCUT2D eigenvalue weighted by Crippen LogP contribution is 2.23. The van der Waals surface area contributed by atoms with Gasteiger partial charge in [0.1, 0.15) is 0 Å². The molecule has 1 aliphatic heterocycles. The first kappa shape index (κ1) is 12.6. The van der Waals surface area contributed by atoms with Gasteiger partial charge < -0.3 is 20.7 Å². The molecule has 2 N–H and O–H groups in total. The Morgan fingerprint density at radius 2 is 2.25 bits per heavy atom. The predicted octanol–water partition coefficient (Wildman–Crippen LogP) is 1.54. The standard InChI is InChI=1S/C13H15N5O2/c1-17-8-16-13(18(19)20)12(17)15-5-9-2-3-10-6-14-7-11(10)4-9/h2-4,8,14-15H,5-7H2,1H3. The zero-order valence-electron chi connectivity index (χ0n) is 11.1. The Morgan fingerprint density at radius 3 is 3.05 bits per heavy atom. The van der Waals surface area contributed by atoms with E-state index in [-0.39, 0.29) is 5.82 Å². The second kappa shape index (κ2) is 4.93. The van der Waals surface area contributed by atoms with Gasteiger partial charge in [0, 0.05) is 26.7 Å². The van der Waals surface area contributed by atoms with E-state index in [2.05, 4.69) is 27.8 Å². The first-order valence-electron chi connectivity index (χ1n) is 6.36. The van der Waals surface area contributed by atoms with Crippen LogP contribution in [0.25, 0.3) is 0 Å². The molecule has 3 rings (SSSR count). The summed E-state index contributed by atoms with van der Waals surface area (Å²) in [6, 6.07) is 6.27. The van der Waals surface area contributed by atoms with Crippen LogP contribution in [0.3, 0.4) is 0 Å². The average Bonchev–Trinajstić information content (AvgIpc) is 3.02. The Hall–Kier alpha value is -2.41. The van der Waals surface area contributed by atoms with E-state index in [0.29, 0.717) is 12.4 Å². The first-order chi connectivity index (χ1) is 9.65. The second-order valence-electron chi connectivity index (χ2n) is 4.84. The minimum atomic E-state index is -0.477. The zero-order chi connectivity index (χ0) is 14.1. The van der Waals surface area contributed by atoms with Crippen LogP contribution in [0.5, 0.6) is 0 Å². The molecule has 0 saturated carbocycles. The molecule has 0 aliphatic carbocycles. The van der Waals surface area contributed by atoms with Gasteiger partial charge in [-0.25, -0.2) is 0 Å². The summed E-state index contributed by atoms with van der Waals surface area (Å²) in [6.07, 6.45) is 1.44. The van der Waals surface area contributed by atoms with E-state index in [9.17, 15) is 10.1 Å². The van der Waals surface area contributed by atoms with Crippen LogP contribution in [0.4, 0.5) is 11.6 Å². The molecule has 0 bridgehead atoms. The molecule has 2 heterocycles. The van der Waals surface area contributed by atoms with E-state index < -0.39 is 4.92 Å². The molecule has 1 aliphatic rings. The number of anilines is 1. The Kier molecular flexibility index (Phi) is 3.11. The lowest BCUT2D eigenvalue weighted by Crippen LogP contribution is -2.06. The lowest BCUT2D eigenvalue weighted by atomic mass is 10.1. The molecule has 7 nitrogen and oxygen atoms in total. The maximum Gasteiger partial charge on any atom is 0.406 e. The molecule has 20 heavy (non-hydrogen) atoms. The number of aryl methyl sites for hydroxylation is 1. The van der Waals surface area contributed by atoms with E-state index in [0.717, 1.165) is 18.7 Å². The molecule has 0 fully saturated rings. The van der Waals surface area contributed by atoms with Gasteiger partial charge in [-0.3, -0.25) is 4.57 Å². The van der Waals surface area contributed by atoms with Gasteiger partial charge in [-0.2, -0.15) is 0 Å². The normalized spacial score (nSPS) is 13.2. The summed E-state index contributed by atoms with van der Waals surface area (Å²) in [5.74, 6) is 0.281. The fourth-order valence-electron chi connectivity index (χ4n) is 2.40. The van der Waals surface area contributed by atoms with Gasteiger partial charge >= 0.3 is 5.82 Å². The van der Waals surface area contributed by atoms with E-state index in [1.807, 2.05) is 6.07 Å². The van der Waals surface area contributed by atoms with Crippen molar-refractivity contribution in [2.45, 2.75) is 19.6 Å². The summed E-state index contributed by atoms with van der Waals surface area (Å²) in [6.45, 7) is 2.33. The molecule has 0 radical (unpaired) electrons. The number of aromatic nitrogens is 2. The molecule has 0 amide bonds. The van der Waals surface area contributed by atoms with Gasteiger partial charge in [0.25, 0.3) is 0 Å². The van der Waals surface area contributed by atoms with E-state index in [1.165, 1.54) is 17.5 Å². The van der Waals surface area contributed by atoms with Crippen LogP contribution in [-0.4, -0.2) is 14.5 Å². The Labute approximate surface area is 115 Å². The van der Waals surface area contributed by atoms with Gasteiger partial charge in [0.05, 0.1) is 0 Å². The highest BCUT2D eigenvalue weighted by Gasteiger charge is 2.19. The number of imidazole rings is 1. The molecular weight excluding hydrogens is 258 g/mol. The van der Waals surface area contributed by atoms with E-state index in [1.54, 1.807) is 11.6 Å². The van der Waals surface area contributed by atoms with Crippen LogP contribution in [0, 0.1) is 10.1 Å². The van der Waals surface area contributed by atoms with Crippen LogP contribution < -0.4 is 10.6 Å². The molecule has 104 valence electrons. The first-order valence-corrected chi connectivity index (χ1v) is 6.36. The fraction of sp³-hybridized carbons (Fsp3) is 0.308. The topological polar surface area (TPSA) is 85.0 Å². The molecule has 0 unspecified atom stereocenters. The summed E-state index contributed by atoms with van der Waals surface area (Å²) in [5, 5.41) is 17.3. The monoisotopic (exact) mass is 273 g/mol. The van der Waals surface area contributed by atoms with Crippen LogP contribution in [0.1, 0.15) is 16.7 Å². The summed E-state index contributed by atoms with van der Waals surface area (Å²) >= 11 is 0. The molecule has 2 aromatic rings. The van der Waals surface area contributed by atoms with Gasteiger partial charge in [-0.1, -0.05) is 18.2 Å². The number of nitrogens with one attached hydrogen (secondary N) is 2. The van der Waals surface area contributed by atoms with Crippen LogP contribution in [0.2, 0.25) is 0 Å². The molecule has 1 aromatic heterocycles. The summed E-state index contributed by atoms with van der Waals surface area (Å²) in [7, 11) is 1.73. The fourth-order valence-corrected chi connectivity index (χ4v) is 2.40. The van der Waals surface area contributed by atoms with Crippen molar-refractivity contribution in [1.29, 1.82) is 0 Å². The zero-order valence-corrected chi connectivity index (χ0v) is 11.1. The van der Waals surface area contributed by atoms with Crippen LogP contribution in [0.15, 0.2) is 24.5 Å². The Morgan fingerprint density at radius 1 is 1.45 bits per heavy atom. The van der Waals surface area contributed by atoms with E-state index >= 15 is 0 Å². The lowest BCUT2D eigenvalue weighted by Gasteiger charge is -2.08. The minimum absolute atomic E-state index is 0.143. The number of nitro groups is 1. The van der Waals surface area contributed by atoms with E-state index in [4.69, 9.17) is 0 Å². The van der Waals surface area contributed by atoms with Crippen molar-refractivity contribution in [3.8, 4) is 0 Å². The highest BCUT2D eigenvalue weighted by molar-refractivity contribution is 5.52. The minimum Gasteiger partial charge on any atom is -0.360 e. The average molecular weight is 273 g/mol. The summed E-state index contributed by atoms with van der Waals surface area (Å²) in [5.41, 5.74) is 3.71.